The largest absolute Gasteiger partial charge is 0.488 e. The molecule has 7 N–H and O–H groups in total. The molecule has 15 nitrogen and oxygen atoms in total. The van der Waals surface area contributed by atoms with Crippen molar-refractivity contribution in [3.63, 3.8) is 0 Å². The Bertz CT molecular complexity index is 1360. The summed E-state index contributed by atoms with van der Waals surface area (Å²) in [6, 6.07) is 2.26. The van der Waals surface area contributed by atoms with Crippen LogP contribution >= 0.6 is 0 Å². The Hall–Kier alpha value is -4.24. The number of hydrogen-bond donors (Lipinski definition) is 6. The Morgan fingerprint density at radius 1 is 0.731 bits per heavy atom. The molecule has 1 aromatic rings. The lowest BCUT2D eigenvalue weighted by Crippen LogP contribution is -2.59. The van der Waals surface area contributed by atoms with Crippen molar-refractivity contribution in [2.45, 2.75) is 143 Å². The van der Waals surface area contributed by atoms with Gasteiger partial charge in [-0.15, -0.1) is 0 Å². The number of carboxylic acid groups (broad SMARTS) is 1. The van der Waals surface area contributed by atoms with Gasteiger partial charge in [-0.25, -0.2) is 0 Å². The number of nitrogens with one attached hydrogen (secondary N) is 4. The minimum absolute atomic E-state index is 0.0341. The third-order valence-corrected chi connectivity index (χ3v) is 6.90. The first-order chi connectivity index (χ1) is 23.7. The van der Waals surface area contributed by atoms with E-state index in [1.54, 1.807) is 45.0 Å². The summed E-state index contributed by atoms with van der Waals surface area (Å²) in [5, 5.41) is 19.3. The highest BCUT2D eigenvalue weighted by Gasteiger charge is 2.32. The van der Waals surface area contributed by atoms with Gasteiger partial charge in [-0.1, -0.05) is 26.0 Å². The summed E-state index contributed by atoms with van der Waals surface area (Å²) < 4.78 is 16.9. The van der Waals surface area contributed by atoms with Gasteiger partial charge in [-0.05, 0) is 98.8 Å². The van der Waals surface area contributed by atoms with Gasteiger partial charge in [0.15, 0.2) is 0 Å². The van der Waals surface area contributed by atoms with E-state index in [1.807, 2.05) is 55.4 Å². The third kappa shape index (κ3) is 20.0. The van der Waals surface area contributed by atoms with E-state index < -0.39 is 83.1 Å². The Kier molecular flexibility index (Phi) is 17.7. The molecule has 0 unspecified atom stereocenters. The van der Waals surface area contributed by atoms with Gasteiger partial charge in [-0.3, -0.25) is 28.8 Å². The van der Waals surface area contributed by atoms with Crippen molar-refractivity contribution < 1.29 is 48.1 Å². The van der Waals surface area contributed by atoms with Crippen molar-refractivity contribution >= 4 is 35.6 Å². The Labute approximate surface area is 307 Å². The molecule has 1 rings (SSSR count). The number of hydrogen-bond acceptors (Lipinski definition) is 10. The normalized spacial score (nSPS) is 14.3. The molecule has 52 heavy (non-hydrogen) atoms. The number of ether oxygens (including phenoxy) is 3. The summed E-state index contributed by atoms with van der Waals surface area (Å²) in [5.41, 5.74) is 5.02. The van der Waals surface area contributed by atoms with Gasteiger partial charge in [0.1, 0.15) is 47.7 Å². The molecule has 1 aromatic carbocycles. The number of carbonyl (C=O) groups excluding carboxylic acids is 5. The number of carbonyl (C=O) groups is 6. The molecule has 0 heterocycles. The standard InChI is InChI=1S/C37H61N5O10/c1-22(2)18-27(33(48)40-26(32(47)39-20-29(43)44)16-17-30(45)52-37(9,10)11)42-34(49)28(41-31(46)25(38)21-50-35(3,4)5)19-23-12-14-24(15-13-23)51-36(6,7)8/h12-15,22,25-28H,16-21,38H2,1-11H3,(H,39,47)(H,40,48)(H,41,46)(H,42,49)(H,43,44)/t25-,26-,27-,28-/m0/s1. The molecule has 0 aromatic heterocycles. The fourth-order valence-corrected chi connectivity index (χ4v) is 4.64. The zero-order valence-electron chi connectivity index (χ0n) is 32.6. The maximum Gasteiger partial charge on any atom is 0.322 e. The van der Waals surface area contributed by atoms with Gasteiger partial charge >= 0.3 is 11.9 Å². The van der Waals surface area contributed by atoms with E-state index in [4.69, 9.17) is 25.1 Å². The molecule has 15 heteroatoms. The van der Waals surface area contributed by atoms with Crippen molar-refractivity contribution in [2.24, 2.45) is 11.7 Å². The summed E-state index contributed by atoms with van der Waals surface area (Å²) in [5.74, 6) is -4.31. The molecule has 294 valence electrons. The molecule has 0 radical (unpaired) electrons. The smallest absolute Gasteiger partial charge is 0.322 e. The molecule has 0 saturated carbocycles. The van der Waals surface area contributed by atoms with E-state index in [0.717, 1.165) is 0 Å². The highest BCUT2D eigenvalue weighted by molar-refractivity contribution is 5.95. The van der Waals surface area contributed by atoms with Crippen molar-refractivity contribution in [1.82, 2.24) is 21.3 Å². The number of esters is 1. The van der Waals surface area contributed by atoms with Crippen molar-refractivity contribution in [3.05, 3.63) is 29.8 Å². The van der Waals surface area contributed by atoms with Crippen LogP contribution in [0.1, 0.15) is 101 Å². The summed E-state index contributed by atoms with van der Waals surface area (Å²) in [7, 11) is 0. The summed E-state index contributed by atoms with van der Waals surface area (Å²) >= 11 is 0. The molecule has 0 aliphatic carbocycles. The maximum atomic E-state index is 13.9. The second kappa shape index (κ2) is 20.1. The van der Waals surface area contributed by atoms with E-state index >= 15 is 0 Å². The predicted octanol–water partition coefficient (Wildman–Crippen LogP) is 2.37. The van der Waals surface area contributed by atoms with Crippen LogP contribution in [0.15, 0.2) is 24.3 Å². The Morgan fingerprint density at radius 3 is 1.77 bits per heavy atom. The highest BCUT2D eigenvalue weighted by Crippen LogP contribution is 2.20. The van der Waals surface area contributed by atoms with E-state index in [1.165, 1.54) is 0 Å². The quantitative estimate of drug-likeness (QED) is 0.113. The molecule has 4 amide bonds. The Balaban J connectivity index is 3.33. The number of amides is 4. The molecule has 4 atom stereocenters. The summed E-state index contributed by atoms with van der Waals surface area (Å²) in [6.45, 7) is 19.1. The van der Waals surface area contributed by atoms with Crippen LogP contribution in [0.5, 0.6) is 5.75 Å². The van der Waals surface area contributed by atoms with Gasteiger partial charge in [0.25, 0.3) is 0 Å². The van der Waals surface area contributed by atoms with Crippen LogP contribution in [-0.2, 0) is 44.7 Å². The van der Waals surface area contributed by atoms with Crippen LogP contribution in [-0.4, -0.2) is 94.8 Å². The average molecular weight is 736 g/mol. The highest BCUT2D eigenvalue weighted by atomic mass is 16.6. The number of aliphatic carboxylic acids is 1. The first-order valence-corrected chi connectivity index (χ1v) is 17.5. The maximum absolute atomic E-state index is 13.9. The van der Waals surface area contributed by atoms with E-state index in [0.29, 0.717) is 11.3 Å². The Morgan fingerprint density at radius 2 is 1.27 bits per heavy atom. The van der Waals surface area contributed by atoms with Crippen LogP contribution in [0.4, 0.5) is 0 Å². The first-order valence-electron chi connectivity index (χ1n) is 17.5. The SMILES string of the molecule is CC(C)C[C@H](NC(=O)[C@H](Cc1ccc(OC(C)(C)C)cc1)NC(=O)[C@@H](N)COC(C)(C)C)C(=O)N[C@@H](CCC(=O)OC(C)(C)C)C(=O)NCC(=O)O. The lowest BCUT2D eigenvalue weighted by atomic mass is 10.00. The summed E-state index contributed by atoms with van der Waals surface area (Å²) in [4.78, 5) is 77.3. The number of nitrogens with two attached hydrogens (primary N) is 1. The minimum Gasteiger partial charge on any atom is -0.488 e. The monoisotopic (exact) mass is 735 g/mol. The zero-order valence-corrected chi connectivity index (χ0v) is 32.6. The lowest BCUT2D eigenvalue weighted by molar-refractivity contribution is -0.155. The first kappa shape index (κ1) is 45.8. The van der Waals surface area contributed by atoms with Crippen LogP contribution in [0.3, 0.4) is 0 Å². The van der Waals surface area contributed by atoms with Crippen molar-refractivity contribution in [1.29, 1.82) is 0 Å². The van der Waals surface area contributed by atoms with Crippen LogP contribution < -0.4 is 31.7 Å². The second-order valence-electron chi connectivity index (χ2n) is 16.1. The third-order valence-electron chi connectivity index (χ3n) is 6.90. The molecular formula is C37H61N5O10. The topological polar surface area (TPSA) is 224 Å². The molecule has 0 aliphatic heterocycles. The van der Waals surface area contributed by atoms with Crippen molar-refractivity contribution in [2.75, 3.05) is 13.2 Å². The molecule has 0 saturated heterocycles. The van der Waals surface area contributed by atoms with Crippen LogP contribution in [0, 0.1) is 5.92 Å². The average Bonchev–Trinajstić information content (AvgIpc) is 2.98. The molecule has 0 spiro atoms. The second-order valence-corrected chi connectivity index (χ2v) is 16.1. The minimum atomic E-state index is -1.32. The molecule has 0 fully saturated rings. The van der Waals surface area contributed by atoms with E-state index in [9.17, 15) is 28.8 Å². The van der Waals surface area contributed by atoms with Gasteiger partial charge in [0.05, 0.1) is 12.2 Å². The zero-order chi connectivity index (χ0) is 40.0. The number of rotatable bonds is 19. The lowest BCUT2D eigenvalue weighted by Gasteiger charge is -2.27. The van der Waals surface area contributed by atoms with Crippen LogP contribution in [0.25, 0.3) is 0 Å². The van der Waals surface area contributed by atoms with Gasteiger partial charge in [-0.2, -0.15) is 0 Å². The van der Waals surface area contributed by atoms with Gasteiger partial charge in [0, 0.05) is 12.8 Å². The van der Waals surface area contributed by atoms with Crippen LogP contribution in [0.2, 0.25) is 0 Å². The number of carboxylic acids is 1. The fraction of sp³-hybridized carbons (Fsp3) is 0.676. The fourth-order valence-electron chi connectivity index (χ4n) is 4.64. The molecule has 0 aliphatic rings. The number of benzene rings is 1. The molecular weight excluding hydrogens is 674 g/mol. The van der Waals surface area contributed by atoms with Crippen molar-refractivity contribution in [3.8, 4) is 5.75 Å². The van der Waals surface area contributed by atoms with E-state index in [2.05, 4.69) is 21.3 Å². The molecule has 0 bridgehead atoms. The van der Waals surface area contributed by atoms with Gasteiger partial charge in [0.2, 0.25) is 23.6 Å². The van der Waals surface area contributed by atoms with Gasteiger partial charge < -0.3 is 46.3 Å². The summed E-state index contributed by atoms with van der Waals surface area (Å²) in [6.07, 6.45) is -0.273. The predicted molar refractivity (Wildman–Crippen MR) is 195 cm³/mol. The van der Waals surface area contributed by atoms with E-state index in [-0.39, 0.29) is 38.2 Å².